The van der Waals surface area contributed by atoms with Gasteiger partial charge in [0.05, 0.1) is 3.74 Å². The fourth-order valence-electron chi connectivity index (χ4n) is 0.727. The lowest BCUT2D eigenvalue weighted by atomic mass is 10.2. The zero-order chi connectivity index (χ0) is 7.56. The molecule has 54 valence electrons. The Bertz CT molecular complexity index is 223. The summed E-state index contributed by atoms with van der Waals surface area (Å²) in [5, 5.41) is 0. The molecular formula is C7H7Br2N. The summed E-state index contributed by atoms with van der Waals surface area (Å²) >= 11 is 6.82. The van der Waals surface area contributed by atoms with Gasteiger partial charge in [0, 0.05) is 11.9 Å². The lowest BCUT2D eigenvalue weighted by Crippen LogP contribution is -1.88. The first-order chi connectivity index (χ1) is 4.72. The van der Waals surface area contributed by atoms with E-state index in [0.29, 0.717) is 0 Å². The molecule has 1 aromatic heterocycles. The van der Waals surface area contributed by atoms with Gasteiger partial charge in [-0.15, -0.1) is 0 Å². The van der Waals surface area contributed by atoms with Crippen LogP contribution in [-0.2, 0) is 0 Å². The van der Waals surface area contributed by atoms with Gasteiger partial charge in [-0.2, -0.15) is 0 Å². The van der Waals surface area contributed by atoms with Gasteiger partial charge in [-0.1, -0.05) is 37.9 Å². The molecule has 0 atom stereocenters. The van der Waals surface area contributed by atoms with E-state index in [1.54, 1.807) is 6.20 Å². The summed E-state index contributed by atoms with van der Waals surface area (Å²) in [6, 6.07) is 3.97. The molecule has 0 spiro atoms. The van der Waals surface area contributed by atoms with E-state index < -0.39 is 0 Å². The van der Waals surface area contributed by atoms with Crippen LogP contribution in [0.3, 0.4) is 0 Å². The molecule has 3 heteroatoms. The summed E-state index contributed by atoms with van der Waals surface area (Å²) < 4.78 is 0.216. The maximum absolute atomic E-state index is 4.14. The van der Waals surface area contributed by atoms with Gasteiger partial charge in [0.1, 0.15) is 0 Å². The Balaban J connectivity index is 3.03. The van der Waals surface area contributed by atoms with Crippen molar-refractivity contribution in [2.75, 3.05) is 0 Å². The van der Waals surface area contributed by atoms with E-state index in [4.69, 9.17) is 0 Å². The molecule has 0 radical (unpaired) electrons. The highest BCUT2D eigenvalue weighted by molar-refractivity contribution is 9.24. The second-order valence-electron chi connectivity index (χ2n) is 1.98. The van der Waals surface area contributed by atoms with Gasteiger partial charge in [-0.05, 0) is 18.6 Å². The fourth-order valence-corrected chi connectivity index (χ4v) is 1.70. The van der Waals surface area contributed by atoms with Crippen molar-refractivity contribution in [1.82, 2.24) is 4.98 Å². The van der Waals surface area contributed by atoms with Crippen LogP contribution < -0.4 is 0 Å². The van der Waals surface area contributed by atoms with Crippen LogP contribution in [0, 0.1) is 6.92 Å². The Morgan fingerprint density at radius 3 is 2.60 bits per heavy atom. The molecule has 1 aromatic rings. The topological polar surface area (TPSA) is 12.9 Å². The number of hydrogen-bond acceptors (Lipinski definition) is 1. The standard InChI is InChI=1S/C7H7Br2N/c1-5-6(7(8)9)3-2-4-10-5/h2-4,7H,1H3. The third-order valence-corrected chi connectivity index (χ3v) is 2.27. The van der Waals surface area contributed by atoms with Gasteiger partial charge in [-0.3, -0.25) is 4.98 Å². The maximum Gasteiger partial charge on any atom is 0.0963 e. The highest BCUT2D eigenvalue weighted by Gasteiger charge is 2.04. The van der Waals surface area contributed by atoms with Crippen LogP contribution >= 0.6 is 31.9 Å². The first kappa shape index (κ1) is 8.21. The molecule has 1 nitrogen and oxygen atoms in total. The molecule has 0 unspecified atom stereocenters. The summed E-state index contributed by atoms with van der Waals surface area (Å²) in [6.07, 6.45) is 1.79. The zero-order valence-electron chi connectivity index (χ0n) is 5.51. The van der Waals surface area contributed by atoms with Gasteiger partial charge in [0.25, 0.3) is 0 Å². The molecule has 0 bridgehead atoms. The number of pyridine rings is 1. The van der Waals surface area contributed by atoms with Crippen molar-refractivity contribution in [3.63, 3.8) is 0 Å². The van der Waals surface area contributed by atoms with E-state index in [-0.39, 0.29) is 3.74 Å². The first-order valence-corrected chi connectivity index (χ1v) is 4.74. The minimum Gasteiger partial charge on any atom is -0.261 e. The Kier molecular flexibility index (Phi) is 2.86. The maximum atomic E-state index is 4.14. The minimum atomic E-state index is 0.216. The molecule has 1 heterocycles. The molecule has 0 saturated heterocycles. The summed E-state index contributed by atoms with van der Waals surface area (Å²) in [4.78, 5) is 4.14. The quantitative estimate of drug-likeness (QED) is 0.710. The molecule has 0 fully saturated rings. The van der Waals surface area contributed by atoms with E-state index in [9.17, 15) is 0 Å². The van der Waals surface area contributed by atoms with Crippen LogP contribution in [0.1, 0.15) is 15.0 Å². The van der Waals surface area contributed by atoms with E-state index in [1.807, 2.05) is 19.1 Å². The Morgan fingerprint density at radius 2 is 2.20 bits per heavy atom. The SMILES string of the molecule is Cc1ncccc1C(Br)Br. The van der Waals surface area contributed by atoms with Crippen molar-refractivity contribution in [3.05, 3.63) is 29.6 Å². The van der Waals surface area contributed by atoms with E-state index in [0.717, 1.165) is 5.69 Å². The molecule has 0 aliphatic rings. The van der Waals surface area contributed by atoms with Crippen molar-refractivity contribution in [3.8, 4) is 0 Å². The highest BCUT2D eigenvalue weighted by Crippen LogP contribution is 2.29. The van der Waals surface area contributed by atoms with Crippen LogP contribution in [0.15, 0.2) is 18.3 Å². The molecule has 0 N–H and O–H groups in total. The van der Waals surface area contributed by atoms with Crippen LogP contribution in [0.25, 0.3) is 0 Å². The van der Waals surface area contributed by atoms with Crippen molar-refractivity contribution in [1.29, 1.82) is 0 Å². The number of rotatable bonds is 1. The van der Waals surface area contributed by atoms with Crippen LogP contribution in [0.5, 0.6) is 0 Å². The van der Waals surface area contributed by atoms with Crippen molar-refractivity contribution < 1.29 is 0 Å². The predicted octanol–water partition coefficient (Wildman–Crippen LogP) is 3.18. The second-order valence-corrected chi connectivity index (χ2v) is 5.04. The number of halogens is 2. The zero-order valence-corrected chi connectivity index (χ0v) is 8.68. The van der Waals surface area contributed by atoms with Gasteiger partial charge in [0.15, 0.2) is 0 Å². The number of aryl methyl sites for hydroxylation is 1. The molecule has 0 aliphatic carbocycles. The Labute approximate surface area is 77.1 Å². The minimum absolute atomic E-state index is 0.216. The van der Waals surface area contributed by atoms with Gasteiger partial charge in [-0.25, -0.2) is 0 Å². The van der Waals surface area contributed by atoms with Gasteiger partial charge < -0.3 is 0 Å². The highest BCUT2D eigenvalue weighted by atomic mass is 79.9. The lowest BCUT2D eigenvalue weighted by molar-refractivity contribution is 1.14. The summed E-state index contributed by atoms with van der Waals surface area (Å²) in [5.41, 5.74) is 2.24. The molecule has 10 heavy (non-hydrogen) atoms. The number of nitrogens with zero attached hydrogens (tertiary/aromatic N) is 1. The average Bonchev–Trinajstić information content (AvgIpc) is 1.88. The van der Waals surface area contributed by atoms with Crippen LogP contribution in [0.2, 0.25) is 0 Å². The summed E-state index contributed by atoms with van der Waals surface area (Å²) in [5.74, 6) is 0. The van der Waals surface area contributed by atoms with Crippen LogP contribution in [0.4, 0.5) is 0 Å². The fraction of sp³-hybridized carbons (Fsp3) is 0.286. The number of hydrogen-bond donors (Lipinski definition) is 0. The van der Waals surface area contributed by atoms with Gasteiger partial charge >= 0.3 is 0 Å². The molecular weight excluding hydrogens is 258 g/mol. The van der Waals surface area contributed by atoms with Crippen LogP contribution in [-0.4, -0.2) is 4.98 Å². The van der Waals surface area contributed by atoms with Crippen molar-refractivity contribution >= 4 is 31.9 Å². The molecule has 0 aliphatic heterocycles. The largest absolute Gasteiger partial charge is 0.261 e. The second kappa shape index (κ2) is 3.49. The van der Waals surface area contributed by atoms with E-state index >= 15 is 0 Å². The third-order valence-electron chi connectivity index (χ3n) is 1.28. The number of alkyl halides is 2. The average molecular weight is 265 g/mol. The lowest BCUT2D eigenvalue weighted by Gasteiger charge is -2.03. The third kappa shape index (κ3) is 1.80. The van der Waals surface area contributed by atoms with E-state index in [2.05, 4.69) is 36.8 Å². The first-order valence-electron chi connectivity index (χ1n) is 2.91. The Hall–Kier alpha value is 0.110. The monoisotopic (exact) mass is 263 g/mol. The summed E-state index contributed by atoms with van der Waals surface area (Å²) in [7, 11) is 0. The number of aromatic nitrogens is 1. The molecule has 0 amide bonds. The normalized spacial score (nSPS) is 10.4. The van der Waals surface area contributed by atoms with Crippen molar-refractivity contribution in [2.45, 2.75) is 10.7 Å². The smallest absolute Gasteiger partial charge is 0.0963 e. The van der Waals surface area contributed by atoms with Gasteiger partial charge in [0.2, 0.25) is 0 Å². The van der Waals surface area contributed by atoms with Crippen molar-refractivity contribution in [2.24, 2.45) is 0 Å². The van der Waals surface area contributed by atoms with E-state index in [1.165, 1.54) is 5.56 Å². The molecule has 0 saturated carbocycles. The Morgan fingerprint density at radius 1 is 1.50 bits per heavy atom. The predicted molar refractivity (Wildman–Crippen MR) is 49.6 cm³/mol. The molecule has 1 rings (SSSR count). The molecule has 0 aromatic carbocycles. The summed E-state index contributed by atoms with van der Waals surface area (Å²) in [6.45, 7) is 1.99.